The van der Waals surface area contributed by atoms with Crippen LogP contribution in [0.4, 0.5) is 23.1 Å². The van der Waals surface area contributed by atoms with Crippen LogP contribution in [0.2, 0.25) is 0 Å². The van der Waals surface area contributed by atoms with Gasteiger partial charge in [-0.2, -0.15) is 4.98 Å². The molecule has 20 heavy (non-hydrogen) atoms. The van der Waals surface area contributed by atoms with Crippen molar-refractivity contribution >= 4 is 23.1 Å². The fourth-order valence-electron chi connectivity index (χ4n) is 1.58. The molecule has 0 aliphatic carbocycles. The van der Waals surface area contributed by atoms with Crippen LogP contribution in [0.1, 0.15) is 6.92 Å². The van der Waals surface area contributed by atoms with Crippen LogP contribution in [0.5, 0.6) is 5.75 Å². The minimum absolute atomic E-state index is 0.0381. The lowest BCUT2D eigenvalue weighted by Gasteiger charge is -2.08. The fraction of sp³-hybridized carbons (Fsp3) is 0.167. The average molecular weight is 275 g/mol. The van der Waals surface area contributed by atoms with Gasteiger partial charge >= 0.3 is 5.69 Å². The Bertz CT molecular complexity index is 632. The van der Waals surface area contributed by atoms with E-state index in [0.29, 0.717) is 18.0 Å². The lowest BCUT2D eigenvalue weighted by Crippen LogP contribution is -2.04. The van der Waals surface area contributed by atoms with E-state index in [4.69, 9.17) is 10.5 Å². The predicted octanol–water partition coefficient (Wildman–Crippen LogP) is 2.11. The molecule has 1 aromatic carbocycles. The van der Waals surface area contributed by atoms with Crippen LogP contribution in [0.25, 0.3) is 0 Å². The van der Waals surface area contributed by atoms with E-state index in [1.54, 1.807) is 24.3 Å². The van der Waals surface area contributed by atoms with E-state index in [2.05, 4.69) is 15.3 Å². The van der Waals surface area contributed by atoms with Crippen molar-refractivity contribution in [1.82, 2.24) is 9.97 Å². The van der Waals surface area contributed by atoms with Crippen molar-refractivity contribution in [3.05, 3.63) is 40.6 Å². The number of nitrogen functional groups attached to an aromatic ring is 1. The molecule has 104 valence electrons. The molecule has 1 aromatic heterocycles. The lowest BCUT2D eigenvalue weighted by atomic mass is 10.3. The van der Waals surface area contributed by atoms with Crippen LogP contribution in [-0.2, 0) is 0 Å². The van der Waals surface area contributed by atoms with E-state index >= 15 is 0 Å². The van der Waals surface area contributed by atoms with Gasteiger partial charge in [-0.1, -0.05) is 6.07 Å². The number of nitrogens with two attached hydrogens (primary N) is 1. The Balaban J connectivity index is 2.31. The zero-order valence-corrected chi connectivity index (χ0v) is 10.7. The molecule has 0 saturated heterocycles. The number of hydrogen-bond donors (Lipinski definition) is 2. The van der Waals surface area contributed by atoms with Crippen LogP contribution < -0.4 is 15.8 Å². The standard InChI is InChI=1S/C12H13N5O3/c1-2-20-9-5-3-4-8(6-9)15-11-10(17(18)19)7-14-12(13)16-11/h3-7H,2H2,1H3,(H3,13,14,15,16). The molecule has 0 aliphatic rings. The summed E-state index contributed by atoms with van der Waals surface area (Å²) in [5, 5.41) is 13.8. The summed E-state index contributed by atoms with van der Waals surface area (Å²) in [4.78, 5) is 17.8. The third-order valence-corrected chi connectivity index (χ3v) is 2.39. The Morgan fingerprint density at radius 1 is 1.50 bits per heavy atom. The quantitative estimate of drug-likeness (QED) is 0.634. The third kappa shape index (κ3) is 3.10. The zero-order valence-electron chi connectivity index (χ0n) is 10.7. The van der Waals surface area contributed by atoms with Gasteiger partial charge < -0.3 is 15.8 Å². The number of rotatable bonds is 5. The minimum Gasteiger partial charge on any atom is -0.494 e. The zero-order chi connectivity index (χ0) is 14.5. The Kier molecular flexibility index (Phi) is 3.94. The summed E-state index contributed by atoms with van der Waals surface area (Å²) in [6.45, 7) is 2.40. The van der Waals surface area contributed by atoms with Gasteiger partial charge in [0.25, 0.3) is 0 Å². The van der Waals surface area contributed by atoms with Crippen molar-refractivity contribution in [2.24, 2.45) is 0 Å². The number of nitrogens with one attached hydrogen (secondary N) is 1. The fourth-order valence-corrected chi connectivity index (χ4v) is 1.58. The van der Waals surface area contributed by atoms with E-state index in [-0.39, 0.29) is 17.5 Å². The molecular weight excluding hydrogens is 262 g/mol. The summed E-state index contributed by atoms with van der Waals surface area (Å²) >= 11 is 0. The second-order valence-electron chi connectivity index (χ2n) is 3.81. The molecule has 0 spiro atoms. The largest absolute Gasteiger partial charge is 0.494 e. The maximum absolute atomic E-state index is 10.9. The molecule has 1 heterocycles. The van der Waals surface area contributed by atoms with Gasteiger partial charge in [-0.05, 0) is 19.1 Å². The highest BCUT2D eigenvalue weighted by molar-refractivity contribution is 5.66. The first-order valence-electron chi connectivity index (χ1n) is 5.87. The van der Waals surface area contributed by atoms with E-state index in [9.17, 15) is 10.1 Å². The van der Waals surface area contributed by atoms with Crippen molar-refractivity contribution < 1.29 is 9.66 Å². The number of nitrogens with zero attached hydrogens (tertiary/aromatic N) is 3. The number of nitro groups is 1. The molecule has 0 saturated carbocycles. The van der Waals surface area contributed by atoms with Crippen molar-refractivity contribution in [2.75, 3.05) is 17.7 Å². The third-order valence-electron chi connectivity index (χ3n) is 2.39. The molecule has 0 fully saturated rings. The average Bonchev–Trinajstić information content (AvgIpc) is 2.39. The SMILES string of the molecule is CCOc1cccc(Nc2nc(N)ncc2[N+](=O)[O-])c1. The summed E-state index contributed by atoms with van der Waals surface area (Å²) in [5.41, 5.74) is 5.81. The van der Waals surface area contributed by atoms with Crippen LogP contribution in [-0.4, -0.2) is 21.5 Å². The number of aromatic nitrogens is 2. The van der Waals surface area contributed by atoms with Gasteiger partial charge in [0.05, 0.1) is 11.5 Å². The smallest absolute Gasteiger partial charge is 0.329 e. The maximum Gasteiger partial charge on any atom is 0.329 e. The Morgan fingerprint density at radius 2 is 2.30 bits per heavy atom. The molecule has 0 aliphatic heterocycles. The number of ether oxygens (including phenoxy) is 1. The number of benzene rings is 1. The van der Waals surface area contributed by atoms with E-state index in [0.717, 1.165) is 6.20 Å². The first-order chi connectivity index (χ1) is 9.60. The van der Waals surface area contributed by atoms with Crippen LogP contribution in [0.3, 0.4) is 0 Å². The van der Waals surface area contributed by atoms with E-state index < -0.39 is 4.92 Å². The van der Waals surface area contributed by atoms with E-state index in [1.165, 1.54) is 0 Å². The second kappa shape index (κ2) is 5.83. The summed E-state index contributed by atoms with van der Waals surface area (Å²) in [6, 6.07) is 7.01. The number of anilines is 3. The molecular formula is C12H13N5O3. The van der Waals surface area contributed by atoms with Gasteiger partial charge in [0.1, 0.15) is 11.9 Å². The normalized spacial score (nSPS) is 10.1. The Hall–Kier alpha value is -2.90. The predicted molar refractivity (Wildman–Crippen MR) is 74.0 cm³/mol. The lowest BCUT2D eigenvalue weighted by molar-refractivity contribution is -0.384. The molecule has 3 N–H and O–H groups in total. The van der Waals surface area contributed by atoms with Gasteiger partial charge in [-0.25, -0.2) is 4.98 Å². The summed E-state index contributed by atoms with van der Waals surface area (Å²) in [5.74, 6) is 0.650. The van der Waals surface area contributed by atoms with Crippen LogP contribution in [0, 0.1) is 10.1 Å². The van der Waals surface area contributed by atoms with Gasteiger partial charge in [-0.15, -0.1) is 0 Å². The summed E-state index contributed by atoms with van der Waals surface area (Å²) in [7, 11) is 0. The van der Waals surface area contributed by atoms with Gasteiger partial charge in [-0.3, -0.25) is 10.1 Å². The van der Waals surface area contributed by atoms with Crippen LogP contribution >= 0.6 is 0 Å². The minimum atomic E-state index is -0.575. The van der Waals surface area contributed by atoms with Crippen molar-refractivity contribution in [3.63, 3.8) is 0 Å². The van der Waals surface area contributed by atoms with Gasteiger partial charge in [0.15, 0.2) is 0 Å². The molecule has 2 rings (SSSR count). The molecule has 0 atom stereocenters. The topological polar surface area (TPSA) is 116 Å². The second-order valence-corrected chi connectivity index (χ2v) is 3.81. The molecule has 0 unspecified atom stereocenters. The highest BCUT2D eigenvalue weighted by Crippen LogP contribution is 2.26. The Labute approximate surface area is 114 Å². The number of hydrogen-bond acceptors (Lipinski definition) is 7. The first kappa shape index (κ1) is 13.5. The monoisotopic (exact) mass is 275 g/mol. The maximum atomic E-state index is 10.9. The summed E-state index contributed by atoms with van der Waals surface area (Å²) < 4.78 is 5.35. The van der Waals surface area contributed by atoms with Gasteiger partial charge in [0.2, 0.25) is 11.8 Å². The first-order valence-corrected chi connectivity index (χ1v) is 5.87. The van der Waals surface area contributed by atoms with Gasteiger partial charge in [0, 0.05) is 11.8 Å². The van der Waals surface area contributed by atoms with Crippen LogP contribution in [0.15, 0.2) is 30.5 Å². The molecule has 8 heteroatoms. The highest BCUT2D eigenvalue weighted by atomic mass is 16.6. The van der Waals surface area contributed by atoms with Crippen molar-refractivity contribution in [1.29, 1.82) is 0 Å². The van der Waals surface area contributed by atoms with Crippen molar-refractivity contribution in [3.8, 4) is 5.75 Å². The molecule has 0 amide bonds. The molecule has 2 aromatic rings. The Morgan fingerprint density at radius 3 is 3.00 bits per heavy atom. The van der Waals surface area contributed by atoms with Crippen molar-refractivity contribution in [2.45, 2.75) is 6.92 Å². The molecule has 0 bridgehead atoms. The molecule has 8 nitrogen and oxygen atoms in total. The van der Waals surface area contributed by atoms with E-state index in [1.807, 2.05) is 6.92 Å². The summed E-state index contributed by atoms with van der Waals surface area (Å²) in [6.07, 6.45) is 1.07. The molecule has 0 radical (unpaired) electrons. The highest BCUT2D eigenvalue weighted by Gasteiger charge is 2.16.